The number of hydrogen-bond acceptors (Lipinski definition) is 1. The van der Waals surface area contributed by atoms with Crippen molar-refractivity contribution < 1.29 is 4.39 Å². The lowest BCUT2D eigenvalue weighted by molar-refractivity contribution is 0.459. The van der Waals surface area contributed by atoms with Crippen molar-refractivity contribution in [3.8, 4) is 0 Å². The highest BCUT2D eigenvalue weighted by molar-refractivity contribution is 6.30. The van der Waals surface area contributed by atoms with Gasteiger partial charge in [0, 0.05) is 17.0 Å². The Morgan fingerprint density at radius 3 is 2.67 bits per heavy atom. The summed E-state index contributed by atoms with van der Waals surface area (Å²) >= 11 is 11.4. The van der Waals surface area contributed by atoms with Gasteiger partial charge in [0.15, 0.2) is 0 Å². The third-order valence-electron chi connectivity index (χ3n) is 2.32. The Balaban J connectivity index is 2.97. The summed E-state index contributed by atoms with van der Waals surface area (Å²) in [4.78, 5) is 0. The molecule has 1 rings (SSSR count). The summed E-state index contributed by atoms with van der Waals surface area (Å²) in [6.07, 6.45) is 0. The first kappa shape index (κ1) is 12.8. The molecule has 1 N–H and O–H groups in total. The van der Waals surface area contributed by atoms with E-state index in [-0.39, 0.29) is 11.2 Å². The highest BCUT2D eigenvalue weighted by Crippen LogP contribution is 2.27. The van der Waals surface area contributed by atoms with Crippen molar-refractivity contribution in [1.82, 2.24) is 5.32 Å². The van der Waals surface area contributed by atoms with E-state index in [1.807, 2.05) is 13.8 Å². The lowest BCUT2D eigenvalue weighted by atomic mass is 9.84. The predicted octanol–water partition coefficient (Wildman–Crippen LogP) is 3.54. The smallest absolute Gasteiger partial charge is 0.127 e. The summed E-state index contributed by atoms with van der Waals surface area (Å²) in [5, 5.41) is 3.54. The van der Waals surface area contributed by atoms with Crippen LogP contribution in [-0.4, -0.2) is 12.5 Å². The van der Waals surface area contributed by atoms with Crippen LogP contribution >= 0.6 is 23.2 Å². The van der Waals surface area contributed by atoms with Crippen molar-refractivity contribution in [1.29, 1.82) is 0 Å². The maximum Gasteiger partial charge on any atom is 0.127 e. The van der Waals surface area contributed by atoms with Crippen LogP contribution in [0.1, 0.15) is 19.4 Å². The Kier molecular flexibility index (Phi) is 4.38. The molecule has 1 aromatic carbocycles. The van der Waals surface area contributed by atoms with Gasteiger partial charge in [-0.3, -0.25) is 0 Å². The molecular weight excluding hydrogens is 236 g/mol. The third kappa shape index (κ3) is 3.33. The monoisotopic (exact) mass is 249 g/mol. The SMILES string of the molecule is CC(C)(CNCCl)c1cc(Cl)ccc1F. The summed E-state index contributed by atoms with van der Waals surface area (Å²) in [5.41, 5.74) is 0.275. The average Bonchev–Trinajstić information content (AvgIpc) is 2.18. The third-order valence-corrected chi connectivity index (χ3v) is 2.74. The van der Waals surface area contributed by atoms with Crippen LogP contribution in [0.25, 0.3) is 0 Å². The fourth-order valence-corrected chi connectivity index (χ4v) is 1.74. The molecule has 1 nitrogen and oxygen atoms in total. The number of nitrogens with one attached hydrogen (secondary N) is 1. The zero-order valence-corrected chi connectivity index (χ0v) is 10.3. The van der Waals surface area contributed by atoms with Crippen molar-refractivity contribution in [2.45, 2.75) is 19.3 Å². The van der Waals surface area contributed by atoms with E-state index in [2.05, 4.69) is 5.32 Å². The van der Waals surface area contributed by atoms with Gasteiger partial charge in [0.05, 0.1) is 6.00 Å². The van der Waals surface area contributed by atoms with E-state index in [4.69, 9.17) is 23.2 Å². The first-order chi connectivity index (χ1) is 6.97. The molecule has 0 saturated carbocycles. The molecule has 0 aromatic heterocycles. The van der Waals surface area contributed by atoms with Crippen molar-refractivity contribution in [2.24, 2.45) is 0 Å². The van der Waals surface area contributed by atoms with Crippen LogP contribution in [0.2, 0.25) is 5.02 Å². The molecule has 0 amide bonds. The van der Waals surface area contributed by atoms with E-state index in [1.165, 1.54) is 6.07 Å². The molecule has 1 aromatic rings. The largest absolute Gasteiger partial charge is 0.303 e. The van der Waals surface area contributed by atoms with Gasteiger partial charge in [0.25, 0.3) is 0 Å². The molecule has 84 valence electrons. The summed E-state index contributed by atoms with van der Waals surface area (Å²) in [6.45, 7) is 4.50. The minimum absolute atomic E-state index is 0.235. The molecule has 0 aliphatic heterocycles. The molecule has 0 radical (unpaired) electrons. The molecule has 0 saturated heterocycles. The number of hydrogen-bond donors (Lipinski definition) is 1. The van der Waals surface area contributed by atoms with Gasteiger partial charge < -0.3 is 5.32 Å². The number of alkyl halides is 1. The summed E-state index contributed by atoms with van der Waals surface area (Å²) in [6, 6.07) is 4.95. The van der Waals surface area contributed by atoms with Crippen LogP contribution in [0.15, 0.2) is 18.2 Å². The van der Waals surface area contributed by atoms with Gasteiger partial charge in [-0.1, -0.05) is 25.4 Å². The second-order valence-electron chi connectivity index (χ2n) is 4.07. The molecular formula is C11H14Cl2FN. The zero-order chi connectivity index (χ0) is 11.5. The van der Waals surface area contributed by atoms with Gasteiger partial charge in [-0.15, -0.1) is 11.6 Å². The average molecular weight is 250 g/mol. The molecule has 0 bridgehead atoms. The van der Waals surface area contributed by atoms with Crippen LogP contribution in [0.4, 0.5) is 4.39 Å². The Morgan fingerprint density at radius 2 is 2.07 bits per heavy atom. The second kappa shape index (κ2) is 5.15. The predicted molar refractivity (Wildman–Crippen MR) is 63.2 cm³/mol. The van der Waals surface area contributed by atoms with Gasteiger partial charge in [0.1, 0.15) is 5.82 Å². The lowest BCUT2D eigenvalue weighted by Crippen LogP contribution is -2.33. The number of rotatable bonds is 4. The fraction of sp³-hybridized carbons (Fsp3) is 0.455. The van der Waals surface area contributed by atoms with Crippen molar-refractivity contribution in [2.75, 3.05) is 12.5 Å². The van der Waals surface area contributed by atoms with E-state index in [0.29, 0.717) is 23.1 Å². The van der Waals surface area contributed by atoms with E-state index >= 15 is 0 Å². The Hall–Kier alpha value is -0.310. The Morgan fingerprint density at radius 1 is 1.40 bits per heavy atom. The topological polar surface area (TPSA) is 12.0 Å². The van der Waals surface area contributed by atoms with Crippen molar-refractivity contribution in [3.05, 3.63) is 34.6 Å². The molecule has 0 heterocycles. The molecule has 0 aliphatic carbocycles. The summed E-state index contributed by atoms with van der Waals surface area (Å²) in [7, 11) is 0. The molecule has 0 fully saturated rings. The molecule has 0 spiro atoms. The molecule has 4 heteroatoms. The first-order valence-corrected chi connectivity index (χ1v) is 5.61. The standard InChI is InChI=1S/C11H14Cl2FN/c1-11(2,6-15-7-12)9-5-8(13)3-4-10(9)14/h3-5,15H,6-7H2,1-2H3. The first-order valence-electron chi connectivity index (χ1n) is 4.69. The van der Waals surface area contributed by atoms with Crippen LogP contribution in [0.5, 0.6) is 0 Å². The fourth-order valence-electron chi connectivity index (χ4n) is 1.47. The lowest BCUT2D eigenvalue weighted by Gasteiger charge is -2.25. The molecule has 0 atom stereocenters. The quantitative estimate of drug-likeness (QED) is 0.636. The van der Waals surface area contributed by atoms with Crippen LogP contribution in [0.3, 0.4) is 0 Å². The maximum absolute atomic E-state index is 13.6. The van der Waals surface area contributed by atoms with E-state index in [0.717, 1.165) is 0 Å². The summed E-state index contributed by atoms with van der Waals surface area (Å²) in [5.74, 6) is -0.235. The number of benzene rings is 1. The van der Waals surface area contributed by atoms with Gasteiger partial charge in [0.2, 0.25) is 0 Å². The highest BCUT2D eigenvalue weighted by atomic mass is 35.5. The van der Waals surface area contributed by atoms with Crippen LogP contribution < -0.4 is 5.32 Å². The van der Waals surface area contributed by atoms with Gasteiger partial charge >= 0.3 is 0 Å². The Labute approximate surface area is 99.6 Å². The molecule has 0 unspecified atom stereocenters. The number of halogens is 3. The second-order valence-corrected chi connectivity index (χ2v) is 4.77. The van der Waals surface area contributed by atoms with Gasteiger partial charge in [-0.05, 0) is 23.8 Å². The van der Waals surface area contributed by atoms with Crippen molar-refractivity contribution in [3.63, 3.8) is 0 Å². The van der Waals surface area contributed by atoms with E-state index in [1.54, 1.807) is 12.1 Å². The zero-order valence-electron chi connectivity index (χ0n) is 8.78. The normalized spacial score (nSPS) is 11.8. The Bertz CT molecular complexity index is 339. The highest BCUT2D eigenvalue weighted by Gasteiger charge is 2.23. The maximum atomic E-state index is 13.6. The van der Waals surface area contributed by atoms with Crippen LogP contribution in [-0.2, 0) is 5.41 Å². The van der Waals surface area contributed by atoms with Crippen molar-refractivity contribution >= 4 is 23.2 Å². The van der Waals surface area contributed by atoms with Crippen LogP contribution in [0, 0.1) is 5.82 Å². The van der Waals surface area contributed by atoms with Gasteiger partial charge in [-0.2, -0.15) is 0 Å². The summed E-state index contributed by atoms with van der Waals surface area (Å²) < 4.78 is 13.6. The van der Waals surface area contributed by atoms with Gasteiger partial charge in [-0.25, -0.2) is 4.39 Å². The van der Waals surface area contributed by atoms with E-state index < -0.39 is 0 Å². The molecule has 15 heavy (non-hydrogen) atoms. The minimum Gasteiger partial charge on any atom is -0.303 e. The minimum atomic E-state index is -0.329. The molecule has 0 aliphatic rings. The van der Waals surface area contributed by atoms with E-state index in [9.17, 15) is 4.39 Å².